The summed E-state index contributed by atoms with van der Waals surface area (Å²) in [5, 5.41) is 15.3. The SMILES string of the molecule is O=C(Cn1cnnn1)N1C[C@H]2CC(c3ccc(CCCOc4c(F)ccc(F)c4F)cc3)=C(C(=O)N(Cc3ccccc3Cl)C3CC3)[C@@H](C1)N2. The minimum Gasteiger partial charge on any atom is -0.488 e. The van der Waals surface area contributed by atoms with E-state index in [1.165, 1.54) is 11.0 Å². The van der Waals surface area contributed by atoms with E-state index in [-0.39, 0.29) is 37.0 Å². The number of carbonyl (C=O) groups is 2. The van der Waals surface area contributed by atoms with Gasteiger partial charge in [0.15, 0.2) is 17.4 Å². The Labute approximate surface area is 291 Å². The third-order valence-corrected chi connectivity index (χ3v) is 9.75. The fourth-order valence-electron chi connectivity index (χ4n) is 6.74. The van der Waals surface area contributed by atoms with Gasteiger partial charge in [-0.15, -0.1) is 5.10 Å². The molecule has 14 heteroatoms. The number of fused-ring (bicyclic) bond motifs is 2. The number of piperazine rings is 1. The standard InChI is InChI=1S/C36H35ClF3N7O3/c37-28-6-2-1-5-24(28)17-47(26-11-12-26)36(49)33-27(16-25-18-45(19-31(33)42-25)32(48)20-46-21-41-43-44-46)23-9-7-22(8-10-23)4-3-15-50-35-30(39)14-13-29(38)34(35)40/h1-2,5-10,13-14,21,25-26,31,42H,3-4,11-12,15-20H2/t25-,31-/m1/s1. The van der Waals surface area contributed by atoms with Crippen molar-refractivity contribution in [3.8, 4) is 5.75 Å². The van der Waals surface area contributed by atoms with E-state index >= 15 is 0 Å². The first-order valence-corrected chi connectivity index (χ1v) is 17.0. The minimum atomic E-state index is -1.34. The third kappa shape index (κ3) is 7.38. The summed E-state index contributed by atoms with van der Waals surface area (Å²) in [6, 6.07) is 16.6. The molecule has 2 atom stereocenters. The molecule has 1 saturated heterocycles. The molecular weight excluding hydrogens is 671 g/mol. The van der Waals surface area contributed by atoms with Crippen LogP contribution in [-0.2, 0) is 29.1 Å². The number of halogens is 4. The van der Waals surface area contributed by atoms with E-state index < -0.39 is 29.2 Å². The van der Waals surface area contributed by atoms with Gasteiger partial charge in [-0.05, 0) is 83.0 Å². The van der Waals surface area contributed by atoms with Gasteiger partial charge < -0.3 is 19.9 Å². The van der Waals surface area contributed by atoms with Gasteiger partial charge in [0.1, 0.15) is 12.9 Å². The number of aryl methyl sites for hydroxylation is 1. The van der Waals surface area contributed by atoms with E-state index in [1.54, 1.807) is 4.90 Å². The van der Waals surface area contributed by atoms with Crippen LogP contribution in [0, 0.1) is 17.5 Å². The van der Waals surface area contributed by atoms with Crippen molar-refractivity contribution in [1.82, 2.24) is 35.3 Å². The summed E-state index contributed by atoms with van der Waals surface area (Å²) in [5.41, 5.74) is 4.33. The van der Waals surface area contributed by atoms with Crippen molar-refractivity contribution >= 4 is 29.0 Å². The lowest BCUT2D eigenvalue weighted by Gasteiger charge is -2.45. The fraction of sp³-hybridized carbons (Fsp3) is 0.361. The maximum Gasteiger partial charge on any atom is 0.252 e. The first kappa shape index (κ1) is 33.7. The molecule has 2 fully saturated rings. The molecule has 260 valence electrons. The normalized spacial score (nSPS) is 18.7. The molecule has 0 spiro atoms. The summed E-state index contributed by atoms with van der Waals surface area (Å²) < 4.78 is 48.0. The van der Waals surface area contributed by atoms with Crippen LogP contribution in [0.4, 0.5) is 13.2 Å². The van der Waals surface area contributed by atoms with Gasteiger partial charge in [0, 0.05) is 42.3 Å². The number of nitrogens with one attached hydrogen (secondary N) is 1. The number of nitrogens with zero attached hydrogens (tertiary/aromatic N) is 6. The van der Waals surface area contributed by atoms with Crippen LogP contribution in [0.5, 0.6) is 5.75 Å². The maximum absolute atomic E-state index is 14.7. The van der Waals surface area contributed by atoms with E-state index in [1.807, 2.05) is 53.4 Å². The van der Waals surface area contributed by atoms with E-state index in [9.17, 15) is 22.8 Å². The Balaban J connectivity index is 1.13. The first-order valence-electron chi connectivity index (χ1n) is 16.6. The van der Waals surface area contributed by atoms with Gasteiger partial charge in [0.2, 0.25) is 11.7 Å². The van der Waals surface area contributed by atoms with Crippen LogP contribution in [-0.4, -0.2) is 79.6 Å². The van der Waals surface area contributed by atoms with Gasteiger partial charge in [-0.1, -0.05) is 54.1 Å². The van der Waals surface area contributed by atoms with Crippen molar-refractivity contribution in [2.24, 2.45) is 0 Å². The zero-order valence-corrected chi connectivity index (χ0v) is 27.8. The van der Waals surface area contributed by atoms with Gasteiger partial charge in [0.25, 0.3) is 5.91 Å². The lowest BCUT2D eigenvalue weighted by atomic mass is 9.82. The number of hydrogen-bond donors (Lipinski definition) is 1. The van der Waals surface area contributed by atoms with Crippen LogP contribution in [0.3, 0.4) is 0 Å². The predicted molar refractivity (Wildman–Crippen MR) is 178 cm³/mol. The Hall–Kier alpha value is -4.75. The lowest BCUT2D eigenvalue weighted by molar-refractivity contribution is -0.135. The van der Waals surface area contributed by atoms with E-state index in [2.05, 4.69) is 20.8 Å². The van der Waals surface area contributed by atoms with Gasteiger partial charge in [-0.3, -0.25) is 9.59 Å². The summed E-state index contributed by atoms with van der Waals surface area (Å²) in [6.07, 6.45) is 4.76. The molecule has 2 aliphatic heterocycles. The molecule has 10 nitrogen and oxygen atoms in total. The molecule has 50 heavy (non-hydrogen) atoms. The monoisotopic (exact) mass is 705 g/mol. The molecule has 3 aromatic carbocycles. The van der Waals surface area contributed by atoms with Crippen LogP contribution in [0.2, 0.25) is 5.02 Å². The second-order valence-electron chi connectivity index (χ2n) is 12.9. The number of ether oxygens (including phenoxy) is 1. The number of benzene rings is 3. The second kappa shape index (κ2) is 14.6. The predicted octanol–water partition coefficient (Wildman–Crippen LogP) is 4.97. The Morgan fingerprint density at radius 3 is 2.52 bits per heavy atom. The summed E-state index contributed by atoms with van der Waals surface area (Å²) in [7, 11) is 0. The molecule has 3 aliphatic rings. The van der Waals surface area contributed by atoms with Crippen molar-refractivity contribution in [3.05, 3.63) is 112 Å². The van der Waals surface area contributed by atoms with E-state index in [4.69, 9.17) is 16.3 Å². The largest absolute Gasteiger partial charge is 0.488 e. The summed E-state index contributed by atoms with van der Waals surface area (Å²) >= 11 is 6.54. The lowest BCUT2D eigenvalue weighted by Crippen LogP contribution is -2.62. The van der Waals surface area contributed by atoms with Gasteiger partial charge >= 0.3 is 0 Å². The summed E-state index contributed by atoms with van der Waals surface area (Å²) in [4.78, 5) is 31.7. The Kier molecular flexibility index (Phi) is 9.86. The quantitative estimate of drug-likeness (QED) is 0.164. The van der Waals surface area contributed by atoms with Crippen molar-refractivity contribution in [2.75, 3.05) is 19.7 Å². The van der Waals surface area contributed by atoms with Crippen LogP contribution in [0.15, 0.2) is 72.6 Å². The van der Waals surface area contributed by atoms with Gasteiger partial charge in [0.05, 0.1) is 12.6 Å². The van der Waals surface area contributed by atoms with Crippen molar-refractivity contribution < 1.29 is 27.5 Å². The topological polar surface area (TPSA) is 105 Å². The molecule has 0 radical (unpaired) electrons. The highest BCUT2D eigenvalue weighted by Gasteiger charge is 2.43. The molecule has 0 unspecified atom stereocenters. The number of hydrogen-bond acceptors (Lipinski definition) is 7. The van der Waals surface area contributed by atoms with Crippen molar-refractivity contribution in [1.29, 1.82) is 0 Å². The molecule has 2 bridgehead atoms. The molecular formula is C36H35ClF3N7O3. The van der Waals surface area contributed by atoms with Gasteiger partial charge in [-0.2, -0.15) is 4.39 Å². The second-order valence-corrected chi connectivity index (χ2v) is 13.3. The van der Waals surface area contributed by atoms with Crippen LogP contribution >= 0.6 is 11.6 Å². The fourth-order valence-corrected chi connectivity index (χ4v) is 6.94. The number of amides is 2. The Morgan fingerprint density at radius 1 is 1.00 bits per heavy atom. The van der Waals surface area contributed by atoms with Gasteiger partial charge in [-0.25, -0.2) is 13.5 Å². The molecule has 1 N–H and O–H groups in total. The highest BCUT2D eigenvalue weighted by Crippen LogP contribution is 2.38. The maximum atomic E-state index is 14.7. The summed E-state index contributed by atoms with van der Waals surface area (Å²) in [6.45, 7) is 1.17. The average Bonchev–Trinajstić information content (AvgIpc) is 3.83. The van der Waals surface area contributed by atoms with E-state index in [0.29, 0.717) is 49.5 Å². The Bertz CT molecular complexity index is 1900. The minimum absolute atomic E-state index is 0.00293. The molecule has 4 aromatic rings. The first-order chi connectivity index (χ1) is 24.2. The number of rotatable bonds is 12. The Morgan fingerprint density at radius 2 is 1.78 bits per heavy atom. The average molecular weight is 706 g/mol. The number of carbonyl (C=O) groups excluding carboxylic acids is 2. The molecule has 3 heterocycles. The van der Waals surface area contributed by atoms with E-state index in [0.717, 1.165) is 47.2 Å². The van der Waals surface area contributed by atoms with Crippen LogP contribution < -0.4 is 10.1 Å². The molecule has 1 aliphatic carbocycles. The number of tetrazole rings is 1. The highest BCUT2D eigenvalue weighted by atomic mass is 35.5. The smallest absolute Gasteiger partial charge is 0.252 e. The van der Waals surface area contributed by atoms with Crippen molar-refractivity contribution in [3.63, 3.8) is 0 Å². The zero-order chi connectivity index (χ0) is 34.8. The van der Waals surface area contributed by atoms with Crippen LogP contribution in [0.1, 0.15) is 42.4 Å². The van der Waals surface area contributed by atoms with Crippen LogP contribution in [0.25, 0.3) is 5.57 Å². The third-order valence-electron chi connectivity index (χ3n) is 9.38. The molecule has 7 rings (SSSR count). The summed E-state index contributed by atoms with van der Waals surface area (Å²) in [5.74, 6) is -4.38. The van der Waals surface area contributed by atoms with Crippen molar-refractivity contribution in [2.45, 2.75) is 63.3 Å². The number of aromatic nitrogens is 4. The molecule has 2 amide bonds. The molecule has 1 saturated carbocycles. The molecule has 1 aromatic heterocycles. The zero-order valence-electron chi connectivity index (χ0n) is 27.1. The highest BCUT2D eigenvalue weighted by molar-refractivity contribution is 6.31.